The molecule has 2 heterocycles. The Morgan fingerprint density at radius 3 is 2.52 bits per heavy atom. The first-order valence-corrected chi connectivity index (χ1v) is 11.1. The minimum absolute atomic E-state index is 0.0157. The van der Waals surface area contributed by atoms with E-state index in [2.05, 4.69) is 0 Å². The summed E-state index contributed by atoms with van der Waals surface area (Å²) >= 11 is 6.21. The second kappa shape index (κ2) is 10.2. The molecule has 164 valence electrons. The van der Waals surface area contributed by atoms with E-state index in [-0.39, 0.29) is 17.9 Å². The number of hydrogen-bond acceptors (Lipinski definition) is 4. The maximum absolute atomic E-state index is 12.8. The fourth-order valence-electron chi connectivity index (χ4n) is 4.08. The van der Waals surface area contributed by atoms with Crippen LogP contribution in [-0.4, -0.2) is 67.1 Å². The molecule has 4 rings (SSSR count). The summed E-state index contributed by atoms with van der Waals surface area (Å²) < 4.78 is 11.3. The van der Waals surface area contributed by atoms with Crippen molar-refractivity contribution in [1.82, 2.24) is 9.80 Å². The lowest BCUT2D eigenvalue weighted by molar-refractivity contribution is -0.131. The highest BCUT2D eigenvalue weighted by Gasteiger charge is 2.29. The maximum Gasteiger partial charge on any atom is 0.254 e. The molecule has 2 saturated heterocycles. The van der Waals surface area contributed by atoms with Crippen LogP contribution in [-0.2, 0) is 16.0 Å². The van der Waals surface area contributed by atoms with Gasteiger partial charge in [0.25, 0.3) is 5.91 Å². The largest absolute Gasteiger partial charge is 0.491 e. The Balaban J connectivity index is 1.31. The third-order valence-corrected chi connectivity index (χ3v) is 6.21. The first-order chi connectivity index (χ1) is 15.1. The lowest BCUT2D eigenvalue weighted by Crippen LogP contribution is -2.40. The standard InChI is InChI=1S/C24H27ClN2O4/c25-22-6-2-1-4-19(22)16-23(28)27-11-3-5-20(27)17-31-21-9-7-18(8-10-21)24(29)26-12-14-30-15-13-26/h1-2,4,6-10,20H,3,5,11-17H2. The van der Waals surface area contributed by atoms with Crippen LogP contribution in [0.4, 0.5) is 0 Å². The van der Waals surface area contributed by atoms with Gasteiger partial charge in [0, 0.05) is 30.2 Å². The van der Waals surface area contributed by atoms with Crippen LogP contribution in [0.3, 0.4) is 0 Å². The van der Waals surface area contributed by atoms with Gasteiger partial charge in [0.2, 0.25) is 5.91 Å². The van der Waals surface area contributed by atoms with Crippen molar-refractivity contribution in [3.63, 3.8) is 0 Å². The second-order valence-electron chi connectivity index (χ2n) is 7.89. The molecule has 0 N–H and O–H groups in total. The molecule has 7 heteroatoms. The molecule has 6 nitrogen and oxygen atoms in total. The van der Waals surface area contributed by atoms with Gasteiger partial charge in [-0.15, -0.1) is 0 Å². The molecule has 0 radical (unpaired) electrons. The van der Waals surface area contributed by atoms with Crippen LogP contribution < -0.4 is 4.74 Å². The van der Waals surface area contributed by atoms with E-state index in [1.54, 1.807) is 17.0 Å². The number of hydrogen-bond donors (Lipinski definition) is 0. The average Bonchev–Trinajstić information content (AvgIpc) is 3.28. The number of nitrogens with zero attached hydrogens (tertiary/aromatic N) is 2. The predicted octanol–water partition coefficient (Wildman–Crippen LogP) is 3.42. The second-order valence-corrected chi connectivity index (χ2v) is 8.30. The molecule has 0 aromatic heterocycles. The van der Waals surface area contributed by atoms with Gasteiger partial charge >= 0.3 is 0 Å². The van der Waals surface area contributed by atoms with E-state index in [1.165, 1.54) is 0 Å². The van der Waals surface area contributed by atoms with Gasteiger partial charge in [-0.2, -0.15) is 0 Å². The van der Waals surface area contributed by atoms with Crippen molar-refractivity contribution in [2.45, 2.75) is 25.3 Å². The molecule has 2 aromatic rings. The Kier molecular flexibility index (Phi) is 7.10. The van der Waals surface area contributed by atoms with Gasteiger partial charge in [-0.1, -0.05) is 29.8 Å². The van der Waals surface area contributed by atoms with E-state index in [1.807, 2.05) is 41.3 Å². The Bertz CT molecular complexity index is 912. The highest BCUT2D eigenvalue weighted by Crippen LogP contribution is 2.23. The zero-order valence-electron chi connectivity index (χ0n) is 17.5. The van der Waals surface area contributed by atoms with Gasteiger partial charge in [0.15, 0.2) is 0 Å². The minimum Gasteiger partial charge on any atom is -0.491 e. The van der Waals surface area contributed by atoms with E-state index in [9.17, 15) is 9.59 Å². The summed E-state index contributed by atoms with van der Waals surface area (Å²) in [5.41, 5.74) is 1.49. The normalized spacial score (nSPS) is 18.8. The molecule has 0 saturated carbocycles. The number of morpholine rings is 1. The zero-order valence-corrected chi connectivity index (χ0v) is 18.2. The fourth-order valence-corrected chi connectivity index (χ4v) is 4.28. The van der Waals surface area contributed by atoms with E-state index in [0.29, 0.717) is 55.7 Å². The van der Waals surface area contributed by atoms with Crippen LogP contribution in [0.25, 0.3) is 0 Å². The highest BCUT2D eigenvalue weighted by atomic mass is 35.5. The molecule has 31 heavy (non-hydrogen) atoms. The van der Waals surface area contributed by atoms with Crippen molar-refractivity contribution in [2.75, 3.05) is 39.5 Å². The summed E-state index contributed by atoms with van der Waals surface area (Å²) in [5.74, 6) is 0.788. The molecule has 0 aliphatic carbocycles. The van der Waals surface area contributed by atoms with Crippen LogP contribution in [0.1, 0.15) is 28.8 Å². The summed E-state index contributed by atoms with van der Waals surface area (Å²) in [6.07, 6.45) is 2.19. The van der Waals surface area contributed by atoms with Gasteiger partial charge < -0.3 is 19.3 Å². The predicted molar refractivity (Wildman–Crippen MR) is 119 cm³/mol. The van der Waals surface area contributed by atoms with E-state index >= 15 is 0 Å². The average molecular weight is 443 g/mol. The quantitative estimate of drug-likeness (QED) is 0.687. The number of amides is 2. The van der Waals surface area contributed by atoms with Gasteiger partial charge in [-0.25, -0.2) is 0 Å². The number of rotatable bonds is 6. The number of ether oxygens (including phenoxy) is 2. The first-order valence-electron chi connectivity index (χ1n) is 10.7. The SMILES string of the molecule is O=C(c1ccc(OCC2CCCN2C(=O)Cc2ccccc2Cl)cc1)N1CCOCC1. The monoisotopic (exact) mass is 442 g/mol. The Morgan fingerprint density at radius 1 is 1.03 bits per heavy atom. The van der Waals surface area contributed by atoms with Gasteiger partial charge in [-0.05, 0) is 48.7 Å². The van der Waals surface area contributed by atoms with Crippen LogP contribution in [0, 0.1) is 0 Å². The number of carbonyl (C=O) groups is 2. The van der Waals surface area contributed by atoms with Crippen molar-refractivity contribution in [2.24, 2.45) is 0 Å². The number of benzene rings is 2. The van der Waals surface area contributed by atoms with Gasteiger partial charge in [0.1, 0.15) is 12.4 Å². The van der Waals surface area contributed by atoms with E-state index < -0.39 is 0 Å². The lowest BCUT2D eigenvalue weighted by atomic mass is 10.1. The molecule has 0 spiro atoms. The van der Waals surface area contributed by atoms with Gasteiger partial charge in [0.05, 0.1) is 25.7 Å². The lowest BCUT2D eigenvalue weighted by Gasteiger charge is -2.27. The highest BCUT2D eigenvalue weighted by molar-refractivity contribution is 6.31. The molecule has 2 fully saturated rings. The number of carbonyl (C=O) groups excluding carboxylic acids is 2. The van der Waals surface area contributed by atoms with Crippen molar-refractivity contribution < 1.29 is 19.1 Å². The van der Waals surface area contributed by atoms with Crippen LogP contribution in [0.15, 0.2) is 48.5 Å². The Morgan fingerprint density at radius 2 is 1.77 bits per heavy atom. The molecule has 2 aromatic carbocycles. The van der Waals surface area contributed by atoms with Crippen molar-refractivity contribution in [1.29, 1.82) is 0 Å². The molecule has 1 unspecified atom stereocenters. The first kappa shape index (κ1) is 21.7. The van der Waals surface area contributed by atoms with Crippen molar-refractivity contribution >= 4 is 23.4 Å². The Labute approximate surface area is 187 Å². The molecule has 2 aliphatic heterocycles. The van der Waals surface area contributed by atoms with E-state index in [0.717, 1.165) is 24.9 Å². The summed E-state index contributed by atoms with van der Waals surface area (Å²) in [4.78, 5) is 29.1. The molecule has 1 atom stereocenters. The summed E-state index contributed by atoms with van der Waals surface area (Å²) in [7, 11) is 0. The zero-order chi connectivity index (χ0) is 21.6. The molecule has 2 amide bonds. The molecule has 2 aliphatic rings. The van der Waals surface area contributed by atoms with Gasteiger partial charge in [-0.3, -0.25) is 9.59 Å². The number of likely N-dealkylation sites (tertiary alicyclic amines) is 1. The van der Waals surface area contributed by atoms with Crippen LogP contribution in [0.2, 0.25) is 5.02 Å². The maximum atomic E-state index is 12.8. The van der Waals surface area contributed by atoms with Crippen LogP contribution in [0.5, 0.6) is 5.75 Å². The summed E-state index contributed by atoms with van der Waals surface area (Å²) in [5, 5.41) is 0.620. The summed E-state index contributed by atoms with van der Waals surface area (Å²) in [6, 6.07) is 14.7. The van der Waals surface area contributed by atoms with E-state index in [4.69, 9.17) is 21.1 Å². The number of halogens is 1. The third kappa shape index (κ3) is 5.38. The fraction of sp³-hybridized carbons (Fsp3) is 0.417. The minimum atomic E-state index is 0.0157. The molecule has 0 bridgehead atoms. The van der Waals surface area contributed by atoms with Crippen molar-refractivity contribution in [3.05, 3.63) is 64.7 Å². The topological polar surface area (TPSA) is 59.1 Å². The molecular weight excluding hydrogens is 416 g/mol. The Hall–Kier alpha value is -2.57. The van der Waals surface area contributed by atoms with Crippen molar-refractivity contribution in [3.8, 4) is 5.75 Å². The molecular formula is C24H27ClN2O4. The summed E-state index contributed by atoms with van der Waals surface area (Å²) in [6.45, 7) is 3.59. The smallest absolute Gasteiger partial charge is 0.254 e. The third-order valence-electron chi connectivity index (χ3n) is 5.84. The van der Waals surface area contributed by atoms with Crippen LogP contribution >= 0.6 is 11.6 Å².